The molecule has 98 valence electrons. The molecule has 3 heteroatoms. The van der Waals surface area contributed by atoms with Crippen LogP contribution < -0.4 is 0 Å². The lowest BCUT2D eigenvalue weighted by molar-refractivity contribution is 0.0600. The van der Waals surface area contributed by atoms with E-state index in [1.807, 2.05) is 42.5 Å². The van der Waals surface area contributed by atoms with Gasteiger partial charge in [-0.2, -0.15) is 0 Å². The Morgan fingerprint density at radius 2 is 1.47 bits per heavy atom. The molecule has 2 aromatic carbocycles. The number of hydrogen-bond acceptors (Lipinski definition) is 3. The molecule has 0 aliphatic carbocycles. The number of carbonyl (C=O) groups excluding carboxylic acids is 1. The molecule has 0 bridgehead atoms. The number of carbonyl (C=O) groups is 1. The molecular weight excluding hydrogens is 240 g/mol. The van der Waals surface area contributed by atoms with Gasteiger partial charge < -0.3 is 9.47 Å². The van der Waals surface area contributed by atoms with E-state index in [4.69, 9.17) is 4.74 Å². The van der Waals surface area contributed by atoms with E-state index in [2.05, 4.69) is 4.74 Å². The first-order chi connectivity index (χ1) is 9.29. The molecule has 0 aliphatic rings. The summed E-state index contributed by atoms with van der Waals surface area (Å²) in [5.41, 5.74) is 2.73. The highest BCUT2D eigenvalue weighted by Crippen LogP contribution is 2.08. The minimum absolute atomic E-state index is 0.322. The predicted molar refractivity (Wildman–Crippen MR) is 72.7 cm³/mol. The van der Waals surface area contributed by atoms with Crippen molar-refractivity contribution in [2.45, 2.75) is 13.2 Å². The van der Waals surface area contributed by atoms with Crippen LogP contribution in [0.15, 0.2) is 54.6 Å². The molecule has 0 radical (unpaired) electrons. The topological polar surface area (TPSA) is 35.5 Å². The highest BCUT2D eigenvalue weighted by molar-refractivity contribution is 5.89. The summed E-state index contributed by atoms with van der Waals surface area (Å²) in [7, 11) is 1.37. The fourth-order valence-corrected chi connectivity index (χ4v) is 1.72. The molecule has 0 fully saturated rings. The van der Waals surface area contributed by atoms with Crippen LogP contribution >= 0.6 is 0 Å². The van der Waals surface area contributed by atoms with Gasteiger partial charge in [-0.25, -0.2) is 4.79 Å². The lowest BCUT2D eigenvalue weighted by Crippen LogP contribution is -2.01. The lowest BCUT2D eigenvalue weighted by atomic mass is 10.1. The van der Waals surface area contributed by atoms with Gasteiger partial charge in [0.05, 0.1) is 25.9 Å². The Hall–Kier alpha value is -2.13. The van der Waals surface area contributed by atoms with E-state index >= 15 is 0 Å². The Kier molecular flexibility index (Phi) is 4.70. The molecule has 0 heterocycles. The van der Waals surface area contributed by atoms with Gasteiger partial charge in [-0.1, -0.05) is 42.5 Å². The van der Waals surface area contributed by atoms with Crippen LogP contribution in [0, 0.1) is 0 Å². The van der Waals surface area contributed by atoms with Crippen molar-refractivity contribution in [3.8, 4) is 0 Å². The van der Waals surface area contributed by atoms with E-state index < -0.39 is 0 Å². The smallest absolute Gasteiger partial charge is 0.337 e. The van der Waals surface area contributed by atoms with Crippen LogP contribution in [0.2, 0.25) is 0 Å². The standard InChI is InChI=1S/C16H16O3/c1-18-16(17)15-9-7-14(8-10-15)12-19-11-13-5-3-2-4-6-13/h2-10H,11-12H2,1H3. The summed E-state index contributed by atoms with van der Waals surface area (Å²) in [6.07, 6.45) is 0. The summed E-state index contributed by atoms with van der Waals surface area (Å²) in [6.45, 7) is 1.11. The van der Waals surface area contributed by atoms with E-state index in [1.165, 1.54) is 7.11 Å². The molecule has 2 rings (SSSR count). The fraction of sp³-hybridized carbons (Fsp3) is 0.188. The summed E-state index contributed by atoms with van der Waals surface area (Å²) in [5, 5.41) is 0. The monoisotopic (exact) mass is 256 g/mol. The predicted octanol–water partition coefficient (Wildman–Crippen LogP) is 3.19. The first-order valence-electron chi connectivity index (χ1n) is 6.08. The Bertz CT molecular complexity index is 517. The summed E-state index contributed by atoms with van der Waals surface area (Å²) in [4.78, 5) is 11.3. The van der Waals surface area contributed by atoms with E-state index in [0.717, 1.165) is 11.1 Å². The summed E-state index contributed by atoms with van der Waals surface area (Å²) >= 11 is 0. The first-order valence-corrected chi connectivity index (χ1v) is 6.08. The van der Waals surface area contributed by atoms with Crippen LogP contribution in [0.4, 0.5) is 0 Å². The van der Waals surface area contributed by atoms with Crippen molar-refractivity contribution in [2.75, 3.05) is 7.11 Å². The third-order valence-corrected chi connectivity index (χ3v) is 2.76. The molecule has 0 atom stereocenters. The second-order valence-electron chi connectivity index (χ2n) is 4.17. The molecule has 2 aromatic rings. The van der Waals surface area contributed by atoms with Gasteiger partial charge in [0.2, 0.25) is 0 Å². The zero-order chi connectivity index (χ0) is 13.5. The largest absolute Gasteiger partial charge is 0.465 e. The van der Waals surface area contributed by atoms with Crippen LogP contribution in [0.25, 0.3) is 0 Å². The first kappa shape index (κ1) is 13.3. The number of hydrogen-bond donors (Lipinski definition) is 0. The maximum atomic E-state index is 11.3. The average Bonchev–Trinajstić information content (AvgIpc) is 2.48. The van der Waals surface area contributed by atoms with Crippen LogP contribution in [-0.4, -0.2) is 13.1 Å². The average molecular weight is 256 g/mol. The van der Waals surface area contributed by atoms with Crippen molar-refractivity contribution in [3.05, 3.63) is 71.3 Å². The molecule has 0 aliphatic heterocycles. The molecule has 0 amide bonds. The van der Waals surface area contributed by atoms with Gasteiger partial charge in [0, 0.05) is 0 Å². The van der Waals surface area contributed by atoms with Crippen molar-refractivity contribution < 1.29 is 14.3 Å². The van der Waals surface area contributed by atoms with Crippen LogP contribution in [0.1, 0.15) is 21.5 Å². The molecule has 0 saturated carbocycles. The number of ether oxygens (including phenoxy) is 2. The highest BCUT2D eigenvalue weighted by Gasteiger charge is 2.04. The van der Waals surface area contributed by atoms with Crippen molar-refractivity contribution in [1.29, 1.82) is 0 Å². The normalized spacial score (nSPS) is 10.2. The molecule has 0 saturated heterocycles. The van der Waals surface area contributed by atoms with Gasteiger partial charge >= 0.3 is 5.97 Å². The second kappa shape index (κ2) is 6.71. The number of rotatable bonds is 5. The number of benzene rings is 2. The van der Waals surface area contributed by atoms with E-state index in [0.29, 0.717) is 18.8 Å². The van der Waals surface area contributed by atoms with E-state index in [9.17, 15) is 4.79 Å². The molecular formula is C16H16O3. The number of esters is 1. The summed E-state index contributed by atoms with van der Waals surface area (Å²) in [5.74, 6) is -0.322. The third-order valence-electron chi connectivity index (χ3n) is 2.76. The van der Waals surface area contributed by atoms with Crippen molar-refractivity contribution >= 4 is 5.97 Å². The zero-order valence-electron chi connectivity index (χ0n) is 10.8. The van der Waals surface area contributed by atoms with E-state index in [1.54, 1.807) is 12.1 Å². The third kappa shape index (κ3) is 3.93. The summed E-state index contributed by atoms with van der Waals surface area (Å²) in [6, 6.07) is 17.2. The van der Waals surface area contributed by atoms with Crippen LogP contribution in [0.5, 0.6) is 0 Å². The van der Waals surface area contributed by atoms with Crippen molar-refractivity contribution in [3.63, 3.8) is 0 Å². The van der Waals surface area contributed by atoms with Crippen LogP contribution in [0.3, 0.4) is 0 Å². The van der Waals surface area contributed by atoms with Gasteiger partial charge in [-0.3, -0.25) is 0 Å². The quantitative estimate of drug-likeness (QED) is 0.771. The Balaban J connectivity index is 1.85. The minimum Gasteiger partial charge on any atom is -0.465 e. The Labute approximate surface area is 112 Å². The number of methoxy groups -OCH3 is 1. The minimum atomic E-state index is -0.322. The maximum Gasteiger partial charge on any atom is 0.337 e. The molecule has 3 nitrogen and oxygen atoms in total. The van der Waals surface area contributed by atoms with Crippen LogP contribution in [-0.2, 0) is 22.7 Å². The Morgan fingerprint density at radius 1 is 0.895 bits per heavy atom. The van der Waals surface area contributed by atoms with E-state index in [-0.39, 0.29) is 5.97 Å². The van der Waals surface area contributed by atoms with Gasteiger partial charge in [0.25, 0.3) is 0 Å². The molecule has 0 N–H and O–H groups in total. The van der Waals surface area contributed by atoms with Crippen molar-refractivity contribution in [2.24, 2.45) is 0 Å². The van der Waals surface area contributed by atoms with Crippen molar-refractivity contribution in [1.82, 2.24) is 0 Å². The summed E-state index contributed by atoms with van der Waals surface area (Å²) < 4.78 is 10.3. The Morgan fingerprint density at radius 3 is 2.05 bits per heavy atom. The molecule has 0 unspecified atom stereocenters. The maximum absolute atomic E-state index is 11.3. The SMILES string of the molecule is COC(=O)c1ccc(COCc2ccccc2)cc1. The van der Waals surface area contributed by atoms with Gasteiger partial charge in [-0.15, -0.1) is 0 Å². The van der Waals surface area contributed by atoms with Gasteiger partial charge in [0.15, 0.2) is 0 Å². The molecule has 19 heavy (non-hydrogen) atoms. The fourth-order valence-electron chi connectivity index (χ4n) is 1.72. The second-order valence-corrected chi connectivity index (χ2v) is 4.17. The lowest BCUT2D eigenvalue weighted by Gasteiger charge is -2.05. The van der Waals surface area contributed by atoms with Gasteiger partial charge in [-0.05, 0) is 23.3 Å². The zero-order valence-corrected chi connectivity index (χ0v) is 10.8. The van der Waals surface area contributed by atoms with Gasteiger partial charge in [0.1, 0.15) is 0 Å². The molecule has 0 spiro atoms. The highest BCUT2D eigenvalue weighted by atomic mass is 16.5. The molecule has 0 aromatic heterocycles.